The summed E-state index contributed by atoms with van der Waals surface area (Å²) in [5, 5.41) is 0.253. The molecule has 0 radical (unpaired) electrons. The van der Waals surface area contributed by atoms with E-state index in [1.165, 1.54) is 39.8 Å². The number of ether oxygens (including phenoxy) is 1. The highest BCUT2D eigenvalue weighted by molar-refractivity contribution is 7.98. The lowest BCUT2D eigenvalue weighted by Gasteiger charge is -2.39. The van der Waals surface area contributed by atoms with Gasteiger partial charge in [0, 0.05) is 62.1 Å². The Labute approximate surface area is 305 Å². The third kappa shape index (κ3) is 8.74. The van der Waals surface area contributed by atoms with Crippen molar-refractivity contribution in [2.75, 3.05) is 33.4 Å². The number of piperidine rings is 1. The van der Waals surface area contributed by atoms with Gasteiger partial charge in [0.25, 0.3) is 0 Å². The fourth-order valence-corrected chi connectivity index (χ4v) is 7.33. The fourth-order valence-electron chi connectivity index (χ4n) is 6.34. The highest BCUT2D eigenvalue weighted by Gasteiger charge is 2.31. The minimum Gasteiger partial charge on any atom is -0.383 e. The molecule has 0 atom stereocenters. The lowest BCUT2D eigenvalue weighted by molar-refractivity contribution is -0.137. The van der Waals surface area contributed by atoms with Crippen molar-refractivity contribution >= 4 is 28.6 Å². The van der Waals surface area contributed by atoms with E-state index in [1.807, 2.05) is 0 Å². The van der Waals surface area contributed by atoms with Gasteiger partial charge in [0.15, 0.2) is 17.1 Å². The molecule has 2 heterocycles. The summed E-state index contributed by atoms with van der Waals surface area (Å²) in [6, 6.07) is 22.8. The molecule has 0 N–H and O–H groups in total. The number of nitrogens with zero attached hydrogens (tertiary/aromatic N) is 3. The van der Waals surface area contributed by atoms with Gasteiger partial charge in [-0.3, -0.25) is 9.59 Å². The highest BCUT2D eigenvalue weighted by Crippen LogP contribution is 2.32. The number of hydrogen-bond acceptors (Lipinski definition) is 5. The Morgan fingerprint density at radius 1 is 0.942 bits per heavy atom. The average molecular weight is 738 g/mol. The van der Waals surface area contributed by atoms with E-state index in [9.17, 15) is 34.3 Å². The van der Waals surface area contributed by atoms with Gasteiger partial charge < -0.3 is 19.1 Å². The Balaban J connectivity index is 1.35. The Morgan fingerprint density at radius 3 is 2.29 bits per heavy atom. The van der Waals surface area contributed by atoms with Crippen molar-refractivity contribution < 1.29 is 34.2 Å². The average Bonchev–Trinajstić information content (AvgIpc) is 3.16. The van der Waals surface area contributed by atoms with Crippen LogP contribution >= 0.6 is 11.8 Å². The number of halogens is 5. The van der Waals surface area contributed by atoms with Crippen LogP contribution in [0.15, 0.2) is 107 Å². The minimum atomic E-state index is -4.45. The number of para-hydroxylation sites is 1. The topological polar surface area (TPSA) is 54.8 Å². The second-order valence-electron chi connectivity index (χ2n) is 12.6. The highest BCUT2D eigenvalue weighted by atomic mass is 32.2. The lowest BCUT2D eigenvalue weighted by atomic mass is 10.00. The Kier molecular flexibility index (Phi) is 10.9. The van der Waals surface area contributed by atoms with E-state index >= 15 is 0 Å². The smallest absolute Gasteiger partial charge is 0.383 e. The molecule has 1 amide bonds. The number of pyridine rings is 1. The van der Waals surface area contributed by atoms with Crippen LogP contribution in [0, 0.1) is 11.6 Å². The summed E-state index contributed by atoms with van der Waals surface area (Å²) in [5.41, 5.74) is 0.941. The summed E-state index contributed by atoms with van der Waals surface area (Å²) < 4.78 is 93.4. The summed E-state index contributed by atoms with van der Waals surface area (Å²) in [6.07, 6.45) is -3.34. The molecule has 0 bridgehead atoms. The molecular formula is C40H38F5N3O3S. The summed E-state index contributed by atoms with van der Waals surface area (Å²) in [4.78, 5) is 31.8. The molecule has 5 aromatic rings. The van der Waals surface area contributed by atoms with Gasteiger partial charge in [0.1, 0.15) is 6.50 Å². The van der Waals surface area contributed by atoms with Gasteiger partial charge in [-0.1, -0.05) is 60.7 Å². The van der Waals surface area contributed by atoms with Crippen LogP contribution < -0.4 is 5.43 Å². The number of methoxy groups -OCH3 is 1. The molecule has 272 valence electrons. The molecule has 1 aliphatic rings. The molecule has 1 aromatic heterocycles. The molecular weight excluding hydrogens is 698 g/mol. The van der Waals surface area contributed by atoms with Gasteiger partial charge in [0.2, 0.25) is 5.91 Å². The van der Waals surface area contributed by atoms with Crippen LogP contribution in [0.4, 0.5) is 22.0 Å². The molecule has 0 aliphatic carbocycles. The zero-order valence-corrected chi connectivity index (χ0v) is 29.2. The molecule has 0 unspecified atom stereocenters. The van der Waals surface area contributed by atoms with Gasteiger partial charge in [-0.2, -0.15) is 13.2 Å². The van der Waals surface area contributed by atoms with E-state index in [0.29, 0.717) is 55.8 Å². The van der Waals surface area contributed by atoms with Crippen molar-refractivity contribution in [3.63, 3.8) is 0 Å². The first-order valence-corrected chi connectivity index (χ1v) is 17.8. The fraction of sp³-hybridized carbons (Fsp3) is 0.300. The summed E-state index contributed by atoms with van der Waals surface area (Å²) >= 11 is 0.922. The first-order chi connectivity index (χ1) is 25.8. The molecule has 1 fully saturated rings. The van der Waals surface area contributed by atoms with E-state index in [-0.39, 0.29) is 39.8 Å². The molecule has 0 saturated carbocycles. The number of alkyl halides is 3. The maximum absolute atomic E-state index is 14.8. The van der Waals surface area contributed by atoms with Crippen LogP contribution in [0.5, 0.6) is 0 Å². The third-order valence-corrected chi connectivity index (χ3v) is 10.3. The Hall–Kier alpha value is -4.52. The number of fused-ring (bicyclic) bond motifs is 1. The molecule has 1 saturated heterocycles. The number of likely N-dealkylation sites (tertiary alicyclic amines) is 1. The van der Waals surface area contributed by atoms with Crippen LogP contribution in [-0.4, -0.2) is 59.7 Å². The third-order valence-electron chi connectivity index (χ3n) is 9.22. The normalized spacial score (nSPS) is 15.0. The van der Waals surface area contributed by atoms with Crippen LogP contribution in [-0.2, 0) is 34.5 Å². The second kappa shape index (κ2) is 16.4. The molecule has 6 rings (SSSR count). The largest absolute Gasteiger partial charge is 0.416 e. The predicted molar refractivity (Wildman–Crippen MR) is 193 cm³/mol. The van der Waals surface area contributed by atoms with Gasteiger partial charge in [-0.05, 0) is 59.9 Å². The molecule has 52 heavy (non-hydrogen) atoms. The van der Waals surface area contributed by atoms with E-state index in [0.717, 1.165) is 30.0 Å². The van der Waals surface area contributed by atoms with Crippen LogP contribution in [0.25, 0.3) is 22.0 Å². The number of benzene rings is 4. The van der Waals surface area contributed by atoms with Gasteiger partial charge >= 0.3 is 6.18 Å². The quantitative estimate of drug-likeness (QED) is 0.0952. The van der Waals surface area contributed by atoms with Crippen LogP contribution in [0.2, 0.25) is 0 Å². The maximum atomic E-state index is 14.8. The van der Waals surface area contributed by atoms with Crippen LogP contribution in [0.1, 0.15) is 32.3 Å². The predicted octanol–water partition coefficient (Wildman–Crippen LogP) is 8.40. The monoisotopic (exact) mass is 737 g/mol. The number of carbonyl (C=O) groups is 1. The van der Waals surface area contributed by atoms with Crippen molar-refractivity contribution in [3.8, 4) is 11.1 Å². The standard InChI is InChI=1S/C40H38F5N3O3S/c1-51-22-21-46-19-17-32(18-20-46)47(24-27-9-11-28(12-10-27)29-13-15-31(16-14-29)40(43,44)45)37(50)25-48-35-8-3-2-6-33(35)36(49)23-38(48)52-26-30-5-4-7-34(41)39(30)42/h2-16,23,32H,17-22,24-26H2,1H3/i25D2. The van der Waals surface area contributed by atoms with Crippen molar-refractivity contribution in [3.05, 3.63) is 136 Å². The number of hydrogen-bond donors (Lipinski definition) is 0. The lowest BCUT2D eigenvalue weighted by Crippen LogP contribution is -2.48. The van der Waals surface area contributed by atoms with E-state index in [2.05, 4.69) is 4.90 Å². The molecule has 6 nitrogen and oxygen atoms in total. The molecule has 4 aromatic carbocycles. The Morgan fingerprint density at radius 2 is 1.62 bits per heavy atom. The summed E-state index contributed by atoms with van der Waals surface area (Å²) in [6.45, 7) is -0.170. The van der Waals surface area contributed by atoms with Crippen molar-refractivity contribution in [2.24, 2.45) is 0 Å². The summed E-state index contributed by atoms with van der Waals surface area (Å²) in [7, 11) is 1.63. The van der Waals surface area contributed by atoms with E-state index < -0.39 is 41.2 Å². The number of rotatable bonds is 12. The number of carbonyl (C=O) groups excluding carboxylic acids is 1. The number of amides is 1. The van der Waals surface area contributed by atoms with Crippen molar-refractivity contribution in [2.45, 2.75) is 48.9 Å². The Bertz CT molecular complexity index is 2160. The van der Waals surface area contributed by atoms with Gasteiger partial charge in [-0.25, -0.2) is 8.78 Å². The first kappa shape index (κ1) is 34.6. The zero-order chi connectivity index (χ0) is 38.6. The number of aromatic nitrogens is 1. The number of thioether (sulfide) groups is 1. The van der Waals surface area contributed by atoms with Gasteiger partial charge in [0.05, 0.1) is 25.5 Å². The van der Waals surface area contributed by atoms with Gasteiger partial charge in [-0.15, -0.1) is 11.8 Å². The molecule has 1 aliphatic heterocycles. The van der Waals surface area contributed by atoms with Crippen molar-refractivity contribution in [1.29, 1.82) is 0 Å². The zero-order valence-electron chi connectivity index (χ0n) is 30.3. The van der Waals surface area contributed by atoms with E-state index in [4.69, 9.17) is 4.74 Å². The van der Waals surface area contributed by atoms with Crippen LogP contribution in [0.3, 0.4) is 0 Å². The molecule has 0 spiro atoms. The van der Waals surface area contributed by atoms with Crippen molar-refractivity contribution in [1.82, 2.24) is 14.4 Å². The second-order valence-corrected chi connectivity index (χ2v) is 13.6. The summed E-state index contributed by atoms with van der Waals surface area (Å²) in [5.74, 6) is -3.07. The maximum Gasteiger partial charge on any atom is 0.416 e. The molecule has 12 heteroatoms. The minimum absolute atomic E-state index is 0.0145. The SMILES string of the molecule is [2H]C([2H])(C(=O)N(Cc1ccc(-c2ccc(C(F)(F)F)cc2)cc1)C1CCN(CCOC)CC1)n1c(SCc2cccc(F)c2F)cc(=O)c2ccccc21. The van der Waals surface area contributed by atoms with E-state index in [1.54, 1.807) is 55.6 Å². The first-order valence-electron chi connectivity index (χ1n) is 17.8.